The molecule has 22 heavy (non-hydrogen) atoms. The molecule has 1 N–H and O–H groups in total. The molecule has 7 heteroatoms. The predicted molar refractivity (Wildman–Crippen MR) is 82.8 cm³/mol. The lowest BCUT2D eigenvalue weighted by atomic mass is 9.90. The van der Waals surface area contributed by atoms with Crippen LogP contribution in [0.25, 0.3) is 10.2 Å². The number of thiazole rings is 1. The van der Waals surface area contributed by atoms with Crippen molar-refractivity contribution in [2.75, 3.05) is 24.7 Å². The van der Waals surface area contributed by atoms with Gasteiger partial charge in [-0.2, -0.15) is 0 Å². The van der Waals surface area contributed by atoms with Crippen LogP contribution in [0.1, 0.15) is 12.5 Å². The molecule has 1 atom stereocenters. The van der Waals surface area contributed by atoms with Crippen LogP contribution in [-0.4, -0.2) is 42.4 Å². The number of nitrogens with zero attached hydrogens (tertiary/aromatic N) is 2. The fraction of sp³-hybridized carbons (Fsp3) is 0.467. The fourth-order valence-electron chi connectivity index (χ4n) is 3.45. The summed E-state index contributed by atoms with van der Waals surface area (Å²) in [6, 6.07) is 3.99. The topological polar surface area (TPSA) is 63.7 Å². The number of hydrogen-bond donors (Lipinski definition) is 1. The molecule has 1 aromatic heterocycles. The summed E-state index contributed by atoms with van der Waals surface area (Å²) in [7, 11) is 0. The molecular weight excluding hydrogens is 302 g/mol. The smallest absolute Gasteiger partial charge is 0.324 e. The van der Waals surface area contributed by atoms with E-state index in [1.807, 2.05) is 12.1 Å². The van der Waals surface area contributed by atoms with Gasteiger partial charge < -0.3 is 14.8 Å². The van der Waals surface area contributed by atoms with E-state index in [2.05, 4.69) is 12.2 Å². The van der Waals surface area contributed by atoms with E-state index >= 15 is 0 Å². The highest BCUT2D eigenvalue weighted by molar-refractivity contribution is 7.22. The zero-order valence-electron chi connectivity index (χ0n) is 12.1. The van der Waals surface area contributed by atoms with Crippen molar-refractivity contribution in [3.63, 3.8) is 0 Å². The number of amides is 2. The standard InChI is InChI=1S/C15H15N3O3S/c1-8-15(6-20-7-15)17-13(19)18(8)14-16-12-9-4-5-21-10(9)2-3-11(12)22-14/h2-3,8H,4-7H2,1H3,(H,17,19). The highest BCUT2D eigenvalue weighted by Crippen LogP contribution is 2.41. The van der Waals surface area contributed by atoms with Gasteiger partial charge in [0, 0.05) is 12.0 Å². The van der Waals surface area contributed by atoms with E-state index in [0.717, 1.165) is 33.1 Å². The molecule has 2 fully saturated rings. The maximum absolute atomic E-state index is 12.4. The lowest BCUT2D eigenvalue weighted by Crippen LogP contribution is -2.63. The minimum atomic E-state index is -0.250. The first-order chi connectivity index (χ1) is 10.7. The summed E-state index contributed by atoms with van der Waals surface area (Å²) >= 11 is 1.56. The number of anilines is 1. The largest absolute Gasteiger partial charge is 0.493 e. The molecule has 1 unspecified atom stereocenters. The van der Waals surface area contributed by atoms with Crippen molar-refractivity contribution in [3.05, 3.63) is 17.7 Å². The Kier molecular flexibility index (Phi) is 2.37. The van der Waals surface area contributed by atoms with E-state index in [-0.39, 0.29) is 17.6 Å². The molecule has 3 aliphatic rings. The van der Waals surface area contributed by atoms with E-state index < -0.39 is 0 Å². The van der Waals surface area contributed by atoms with E-state index in [1.165, 1.54) is 0 Å². The first kappa shape index (κ1) is 12.7. The number of aromatic nitrogens is 1. The van der Waals surface area contributed by atoms with E-state index in [0.29, 0.717) is 19.8 Å². The maximum atomic E-state index is 12.4. The van der Waals surface area contributed by atoms with Gasteiger partial charge in [0.1, 0.15) is 11.3 Å². The van der Waals surface area contributed by atoms with Crippen molar-refractivity contribution in [1.29, 1.82) is 0 Å². The minimum Gasteiger partial charge on any atom is -0.493 e. The van der Waals surface area contributed by atoms with Crippen LogP contribution in [0.5, 0.6) is 5.75 Å². The highest BCUT2D eigenvalue weighted by Gasteiger charge is 2.55. The van der Waals surface area contributed by atoms with E-state index in [9.17, 15) is 4.79 Å². The van der Waals surface area contributed by atoms with Crippen LogP contribution in [0.2, 0.25) is 0 Å². The van der Waals surface area contributed by atoms with E-state index in [1.54, 1.807) is 16.2 Å². The SMILES string of the molecule is CC1N(c2nc3c4c(ccc3s2)OCC4)C(=O)NC12COC2. The summed E-state index contributed by atoms with van der Waals surface area (Å²) in [5.74, 6) is 0.923. The number of fused-ring (bicyclic) bond motifs is 3. The van der Waals surface area contributed by atoms with Gasteiger partial charge in [0.2, 0.25) is 0 Å². The number of urea groups is 1. The number of benzene rings is 1. The fourth-order valence-corrected chi connectivity index (χ4v) is 4.52. The Labute approximate surface area is 131 Å². The Hall–Kier alpha value is -1.86. The monoisotopic (exact) mass is 317 g/mol. The van der Waals surface area contributed by atoms with Crippen molar-refractivity contribution in [3.8, 4) is 5.75 Å². The Morgan fingerprint density at radius 1 is 1.45 bits per heavy atom. The number of carbonyl (C=O) groups is 1. The van der Waals surface area contributed by atoms with Gasteiger partial charge in [-0.3, -0.25) is 4.90 Å². The molecule has 3 aliphatic heterocycles. The lowest BCUT2D eigenvalue weighted by Gasteiger charge is -2.41. The van der Waals surface area contributed by atoms with Crippen LogP contribution in [0.3, 0.4) is 0 Å². The summed E-state index contributed by atoms with van der Waals surface area (Å²) in [6.07, 6.45) is 0.884. The molecule has 2 amide bonds. The molecule has 114 valence electrons. The molecule has 2 aromatic rings. The molecule has 1 aromatic carbocycles. The first-order valence-electron chi connectivity index (χ1n) is 7.42. The second-order valence-corrected chi connectivity index (χ2v) is 7.12. The van der Waals surface area contributed by atoms with Crippen molar-refractivity contribution >= 4 is 32.7 Å². The lowest BCUT2D eigenvalue weighted by molar-refractivity contribution is -0.0674. The first-order valence-corrected chi connectivity index (χ1v) is 8.24. The van der Waals surface area contributed by atoms with Crippen LogP contribution in [0.4, 0.5) is 9.93 Å². The summed E-state index contributed by atoms with van der Waals surface area (Å²) in [5, 5.41) is 3.82. The van der Waals surface area contributed by atoms with Gasteiger partial charge in [-0.15, -0.1) is 0 Å². The number of ether oxygens (including phenoxy) is 2. The van der Waals surface area contributed by atoms with Gasteiger partial charge in [-0.05, 0) is 19.1 Å². The van der Waals surface area contributed by atoms with Crippen molar-refractivity contribution in [2.45, 2.75) is 24.9 Å². The summed E-state index contributed by atoms with van der Waals surface area (Å²) in [4.78, 5) is 18.9. The van der Waals surface area contributed by atoms with Gasteiger partial charge in [0.15, 0.2) is 5.13 Å². The summed E-state index contributed by atoms with van der Waals surface area (Å²) < 4.78 is 12.0. The molecule has 0 radical (unpaired) electrons. The van der Waals surface area contributed by atoms with Crippen LogP contribution in [0.15, 0.2) is 12.1 Å². The maximum Gasteiger partial charge on any atom is 0.324 e. The van der Waals surface area contributed by atoms with Gasteiger partial charge in [-0.1, -0.05) is 11.3 Å². The van der Waals surface area contributed by atoms with Gasteiger partial charge in [-0.25, -0.2) is 9.78 Å². The third-order valence-corrected chi connectivity index (χ3v) is 5.93. The normalized spacial score (nSPS) is 25.2. The van der Waals surface area contributed by atoms with Crippen LogP contribution < -0.4 is 15.0 Å². The Morgan fingerprint density at radius 2 is 2.32 bits per heavy atom. The zero-order valence-corrected chi connectivity index (χ0v) is 12.9. The van der Waals surface area contributed by atoms with Crippen molar-refractivity contribution < 1.29 is 14.3 Å². The predicted octanol–water partition coefficient (Wildman–Crippen LogP) is 1.92. The Morgan fingerprint density at radius 3 is 3.05 bits per heavy atom. The van der Waals surface area contributed by atoms with E-state index in [4.69, 9.17) is 14.5 Å². The van der Waals surface area contributed by atoms with Crippen LogP contribution in [-0.2, 0) is 11.2 Å². The molecule has 1 spiro atoms. The third-order valence-electron chi connectivity index (χ3n) is 4.91. The van der Waals surface area contributed by atoms with Crippen molar-refractivity contribution in [1.82, 2.24) is 10.3 Å². The summed E-state index contributed by atoms with van der Waals surface area (Å²) in [6.45, 7) is 3.91. The molecule has 6 nitrogen and oxygen atoms in total. The second-order valence-electron chi connectivity index (χ2n) is 6.11. The van der Waals surface area contributed by atoms with Gasteiger partial charge in [0.25, 0.3) is 0 Å². The summed E-state index contributed by atoms with van der Waals surface area (Å²) in [5.41, 5.74) is 1.88. The number of hydrogen-bond acceptors (Lipinski definition) is 5. The average Bonchev–Trinajstić information content (AvgIpc) is 3.11. The third kappa shape index (κ3) is 1.47. The molecule has 4 heterocycles. The molecular formula is C15H15N3O3S. The molecule has 0 bridgehead atoms. The molecule has 5 rings (SSSR count). The minimum absolute atomic E-state index is 0.0404. The number of rotatable bonds is 1. The molecule has 0 saturated carbocycles. The van der Waals surface area contributed by atoms with Gasteiger partial charge in [0.05, 0.1) is 36.1 Å². The van der Waals surface area contributed by atoms with Crippen molar-refractivity contribution in [2.24, 2.45) is 0 Å². The second kappa shape index (κ2) is 4.11. The highest BCUT2D eigenvalue weighted by atomic mass is 32.1. The Balaban J connectivity index is 1.61. The quantitative estimate of drug-likeness (QED) is 0.873. The number of carbonyl (C=O) groups excluding carboxylic acids is 1. The van der Waals surface area contributed by atoms with Crippen LogP contribution in [0, 0.1) is 0 Å². The Bertz CT molecular complexity index is 799. The van der Waals surface area contributed by atoms with Gasteiger partial charge >= 0.3 is 6.03 Å². The number of nitrogens with one attached hydrogen (secondary N) is 1. The average molecular weight is 317 g/mol. The van der Waals surface area contributed by atoms with Crippen LogP contribution >= 0.6 is 11.3 Å². The molecule has 2 saturated heterocycles. The molecule has 0 aliphatic carbocycles. The zero-order chi connectivity index (χ0) is 14.9.